The summed E-state index contributed by atoms with van der Waals surface area (Å²) in [5, 5.41) is 9.51. The monoisotopic (exact) mass is 461 g/mol. The molecule has 0 aromatic heterocycles. The lowest BCUT2D eigenvalue weighted by atomic mass is 10.1. The zero-order valence-corrected chi connectivity index (χ0v) is 18.5. The molecule has 0 spiro atoms. The topological polar surface area (TPSA) is 68.8 Å². The van der Waals surface area contributed by atoms with E-state index in [4.69, 9.17) is 0 Å². The van der Waals surface area contributed by atoms with Crippen molar-refractivity contribution < 1.29 is 4.79 Å². The van der Waals surface area contributed by atoms with E-state index in [0.29, 0.717) is 13.1 Å². The Morgan fingerprint density at radius 1 is 1.24 bits per heavy atom. The third-order valence-corrected chi connectivity index (χ3v) is 2.93. The Morgan fingerprint density at radius 3 is 2.48 bits per heavy atom. The van der Waals surface area contributed by atoms with Crippen LogP contribution in [0.25, 0.3) is 0 Å². The van der Waals surface area contributed by atoms with Gasteiger partial charge in [-0.2, -0.15) is 0 Å². The predicted octanol–water partition coefficient (Wildman–Crippen LogP) is 2.66. The molecule has 1 rings (SSSR count). The molecule has 3 N–H and O–H groups in total. The van der Waals surface area contributed by atoms with Gasteiger partial charge in [-0.05, 0) is 59.5 Å². The highest BCUT2D eigenvalue weighted by atomic mass is 127. The Balaban J connectivity index is 0.00000576. The van der Waals surface area contributed by atoms with Gasteiger partial charge in [0, 0.05) is 17.8 Å². The second-order valence-electron chi connectivity index (χ2n) is 7.06. The van der Waals surface area contributed by atoms with Gasteiger partial charge in [0.1, 0.15) is 0 Å². The molecular weight excluding hydrogens is 429 g/mol. The van der Waals surface area contributed by atoms with Crippen LogP contribution in [0.1, 0.15) is 33.3 Å². The summed E-state index contributed by atoms with van der Waals surface area (Å²) in [4.78, 5) is 18.3. The van der Waals surface area contributed by atoms with Crippen LogP contribution >= 0.6 is 24.0 Å². The number of hydrogen-bond acceptors (Lipinski definition) is 3. The van der Waals surface area contributed by atoms with Gasteiger partial charge in [0.15, 0.2) is 5.96 Å². The maximum Gasteiger partial charge on any atom is 0.238 e. The minimum atomic E-state index is -0.0526. The zero-order valence-electron chi connectivity index (χ0n) is 16.1. The van der Waals surface area contributed by atoms with E-state index in [1.165, 1.54) is 0 Å². The fourth-order valence-electron chi connectivity index (χ4n) is 2.07. The summed E-state index contributed by atoms with van der Waals surface area (Å²) in [6.07, 6.45) is 0. The summed E-state index contributed by atoms with van der Waals surface area (Å²) in [6.45, 7) is 10.1. The number of rotatable bonds is 6. The molecule has 0 saturated carbocycles. The van der Waals surface area contributed by atoms with Crippen molar-refractivity contribution in [1.29, 1.82) is 0 Å². The number of halogens is 1. The van der Waals surface area contributed by atoms with Gasteiger partial charge >= 0.3 is 0 Å². The van der Waals surface area contributed by atoms with E-state index in [-0.39, 0.29) is 35.4 Å². The molecule has 0 atom stereocenters. The van der Waals surface area contributed by atoms with Crippen LogP contribution in [-0.4, -0.2) is 49.5 Å². The quantitative estimate of drug-likeness (QED) is 0.346. The first-order valence-electron chi connectivity index (χ1n) is 8.29. The molecule has 0 heterocycles. The second-order valence-corrected chi connectivity index (χ2v) is 7.06. The fourth-order valence-corrected chi connectivity index (χ4v) is 2.07. The molecule has 25 heavy (non-hydrogen) atoms. The Morgan fingerprint density at radius 2 is 1.92 bits per heavy atom. The zero-order chi connectivity index (χ0) is 18.2. The van der Waals surface area contributed by atoms with Gasteiger partial charge < -0.3 is 20.9 Å². The lowest BCUT2D eigenvalue weighted by Gasteiger charge is -2.23. The van der Waals surface area contributed by atoms with Crippen LogP contribution < -0.4 is 16.0 Å². The largest absolute Gasteiger partial charge is 0.357 e. The van der Waals surface area contributed by atoms with Crippen LogP contribution in [0.4, 0.5) is 5.69 Å². The number of nitrogens with one attached hydrogen (secondary N) is 3. The fraction of sp³-hybridized carbons (Fsp3) is 0.556. The normalized spacial score (nSPS) is 11.7. The lowest BCUT2D eigenvalue weighted by molar-refractivity contribution is -0.116. The van der Waals surface area contributed by atoms with Gasteiger partial charge in [-0.1, -0.05) is 12.1 Å². The molecule has 1 aromatic rings. The van der Waals surface area contributed by atoms with Crippen molar-refractivity contribution in [2.45, 2.75) is 39.8 Å². The van der Waals surface area contributed by atoms with Crippen molar-refractivity contribution in [3.63, 3.8) is 0 Å². The van der Waals surface area contributed by atoms with E-state index in [0.717, 1.165) is 23.8 Å². The third-order valence-electron chi connectivity index (χ3n) is 2.93. The first kappa shape index (κ1) is 23.6. The number of aliphatic imine (C=N–C) groups is 1. The van der Waals surface area contributed by atoms with Crippen molar-refractivity contribution in [2.75, 3.05) is 32.5 Å². The molecule has 0 aliphatic carbocycles. The Labute approximate surface area is 168 Å². The summed E-state index contributed by atoms with van der Waals surface area (Å²) in [5.74, 6) is 0.760. The molecular formula is C18H32IN5O. The number of benzene rings is 1. The number of nitrogens with zero attached hydrogens (tertiary/aromatic N) is 2. The smallest absolute Gasteiger partial charge is 0.238 e. The van der Waals surface area contributed by atoms with Crippen molar-refractivity contribution in [3.05, 3.63) is 29.8 Å². The van der Waals surface area contributed by atoms with Crippen LogP contribution in [0.3, 0.4) is 0 Å². The highest BCUT2D eigenvalue weighted by molar-refractivity contribution is 14.0. The summed E-state index contributed by atoms with van der Waals surface area (Å²) in [7, 11) is 3.74. The average Bonchev–Trinajstić information content (AvgIpc) is 2.43. The Hall–Kier alpha value is -1.35. The molecule has 0 saturated heterocycles. The lowest BCUT2D eigenvalue weighted by Crippen LogP contribution is -2.47. The molecule has 142 valence electrons. The Bertz CT molecular complexity index is 567. The maximum atomic E-state index is 11.8. The van der Waals surface area contributed by atoms with Crippen molar-refractivity contribution >= 4 is 41.5 Å². The van der Waals surface area contributed by atoms with Crippen LogP contribution in [0.5, 0.6) is 0 Å². The van der Waals surface area contributed by atoms with Crippen molar-refractivity contribution in [2.24, 2.45) is 4.99 Å². The molecule has 0 unspecified atom stereocenters. The SMILES string of the molecule is CCNC(=NCc1cccc(NC(=O)CN(C)C)c1)NC(C)(C)C.I. The summed E-state index contributed by atoms with van der Waals surface area (Å²) >= 11 is 0. The van der Waals surface area contributed by atoms with Crippen molar-refractivity contribution in [3.8, 4) is 0 Å². The van der Waals surface area contributed by atoms with Crippen LogP contribution in [0, 0.1) is 0 Å². The molecule has 0 radical (unpaired) electrons. The van der Waals surface area contributed by atoms with Gasteiger partial charge in [0.25, 0.3) is 0 Å². The Kier molecular flexibility index (Phi) is 10.7. The molecule has 6 nitrogen and oxygen atoms in total. The molecule has 0 aliphatic heterocycles. The first-order valence-corrected chi connectivity index (χ1v) is 8.29. The van der Waals surface area contributed by atoms with E-state index in [1.807, 2.05) is 50.2 Å². The van der Waals surface area contributed by atoms with E-state index in [9.17, 15) is 4.79 Å². The minimum Gasteiger partial charge on any atom is -0.357 e. The minimum absolute atomic E-state index is 0. The first-order chi connectivity index (χ1) is 11.2. The molecule has 7 heteroatoms. The summed E-state index contributed by atoms with van der Waals surface area (Å²) < 4.78 is 0. The standard InChI is InChI=1S/C18H31N5O.HI/c1-7-19-17(22-18(2,3)4)20-12-14-9-8-10-15(11-14)21-16(24)13-23(5)6;/h8-11H,7,12-13H2,1-6H3,(H,21,24)(H2,19,20,22);1H. The van der Waals surface area contributed by atoms with E-state index in [1.54, 1.807) is 0 Å². The highest BCUT2D eigenvalue weighted by Gasteiger charge is 2.11. The number of guanidine groups is 1. The third kappa shape index (κ3) is 11.0. The van der Waals surface area contributed by atoms with Crippen LogP contribution in [0.15, 0.2) is 29.3 Å². The number of amides is 1. The van der Waals surface area contributed by atoms with Crippen molar-refractivity contribution in [1.82, 2.24) is 15.5 Å². The number of carbonyl (C=O) groups excluding carboxylic acids is 1. The maximum absolute atomic E-state index is 11.8. The average molecular weight is 461 g/mol. The van der Waals surface area contributed by atoms with Gasteiger partial charge in [-0.15, -0.1) is 24.0 Å². The number of hydrogen-bond donors (Lipinski definition) is 3. The number of anilines is 1. The van der Waals surface area contributed by atoms with Crippen LogP contribution in [0.2, 0.25) is 0 Å². The summed E-state index contributed by atoms with van der Waals surface area (Å²) in [6, 6.07) is 7.78. The number of carbonyl (C=O) groups is 1. The molecule has 1 amide bonds. The highest BCUT2D eigenvalue weighted by Crippen LogP contribution is 2.12. The number of likely N-dealkylation sites (N-methyl/N-ethyl adjacent to an activating group) is 1. The molecule has 0 bridgehead atoms. The second kappa shape index (κ2) is 11.3. The van der Waals surface area contributed by atoms with Gasteiger partial charge in [-0.3, -0.25) is 4.79 Å². The van der Waals surface area contributed by atoms with E-state index in [2.05, 4.69) is 41.7 Å². The van der Waals surface area contributed by atoms with Gasteiger partial charge in [0.05, 0.1) is 13.1 Å². The van der Waals surface area contributed by atoms with Gasteiger partial charge in [0.2, 0.25) is 5.91 Å². The van der Waals surface area contributed by atoms with Crippen LogP contribution in [-0.2, 0) is 11.3 Å². The van der Waals surface area contributed by atoms with E-state index >= 15 is 0 Å². The predicted molar refractivity (Wildman–Crippen MR) is 117 cm³/mol. The summed E-state index contributed by atoms with van der Waals surface area (Å²) in [5.41, 5.74) is 1.79. The van der Waals surface area contributed by atoms with E-state index < -0.39 is 0 Å². The molecule has 0 aliphatic rings. The van der Waals surface area contributed by atoms with Gasteiger partial charge in [-0.25, -0.2) is 4.99 Å². The molecule has 0 fully saturated rings. The molecule has 1 aromatic carbocycles.